The van der Waals surface area contributed by atoms with Crippen molar-refractivity contribution in [3.8, 4) is 0 Å². The lowest BCUT2D eigenvalue weighted by molar-refractivity contribution is 0.142. The van der Waals surface area contributed by atoms with E-state index >= 15 is 0 Å². The van der Waals surface area contributed by atoms with E-state index in [0.29, 0.717) is 5.92 Å². The molecule has 0 aliphatic heterocycles. The van der Waals surface area contributed by atoms with E-state index in [9.17, 15) is 5.11 Å². The van der Waals surface area contributed by atoms with Crippen LogP contribution in [-0.2, 0) is 0 Å². The third-order valence-corrected chi connectivity index (χ3v) is 4.43. The summed E-state index contributed by atoms with van der Waals surface area (Å²) in [4.78, 5) is 0. The summed E-state index contributed by atoms with van der Waals surface area (Å²) in [5, 5.41) is 14.0. The average molecular weight is 268 g/mol. The first-order valence-corrected chi connectivity index (χ1v) is 7.20. The van der Waals surface area contributed by atoms with E-state index in [1.165, 1.54) is 19.3 Å². The van der Waals surface area contributed by atoms with Gasteiger partial charge in [-0.3, -0.25) is 0 Å². The third kappa shape index (κ3) is 2.99. The standard InChI is InChI=1S/C15H22ClNO/c1-2-12-6-5-9-15(10-12,11-18)17-14-8-4-3-7-13(14)16/h3-4,7-8,12,17-18H,2,5-6,9-11H2,1H3. The number of hydrogen-bond acceptors (Lipinski definition) is 2. The van der Waals surface area contributed by atoms with Crippen LogP contribution in [0.2, 0.25) is 5.02 Å². The maximum atomic E-state index is 9.80. The van der Waals surface area contributed by atoms with Crippen molar-refractivity contribution >= 4 is 17.3 Å². The number of aliphatic hydroxyl groups is 1. The molecule has 1 aliphatic carbocycles. The van der Waals surface area contributed by atoms with Crippen LogP contribution >= 0.6 is 11.6 Å². The van der Waals surface area contributed by atoms with E-state index in [2.05, 4.69) is 12.2 Å². The number of aliphatic hydroxyl groups excluding tert-OH is 1. The Morgan fingerprint density at radius 3 is 2.89 bits per heavy atom. The minimum atomic E-state index is -0.191. The summed E-state index contributed by atoms with van der Waals surface area (Å²) in [5.74, 6) is 0.709. The molecule has 0 saturated heterocycles. The maximum Gasteiger partial charge on any atom is 0.0661 e. The molecule has 2 rings (SSSR count). The zero-order valence-electron chi connectivity index (χ0n) is 11.0. The second-order valence-corrected chi connectivity index (χ2v) is 5.82. The molecule has 2 unspecified atom stereocenters. The Kier molecular flexibility index (Phi) is 4.52. The van der Waals surface area contributed by atoms with Gasteiger partial charge in [0.1, 0.15) is 0 Å². The van der Waals surface area contributed by atoms with Gasteiger partial charge in [0.15, 0.2) is 0 Å². The molecule has 2 nitrogen and oxygen atoms in total. The molecule has 1 aliphatic rings. The monoisotopic (exact) mass is 267 g/mol. The fourth-order valence-corrected chi connectivity index (χ4v) is 3.16. The number of halogens is 1. The molecule has 0 amide bonds. The molecule has 2 atom stereocenters. The quantitative estimate of drug-likeness (QED) is 0.861. The second kappa shape index (κ2) is 5.94. The molecule has 1 aromatic rings. The third-order valence-electron chi connectivity index (χ3n) is 4.10. The van der Waals surface area contributed by atoms with Gasteiger partial charge in [-0.15, -0.1) is 0 Å². The second-order valence-electron chi connectivity index (χ2n) is 5.41. The normalized spacial score (nSPS) is 28.1. The minimum Gasteiger partial charge on any atom is -0.394 e. The van der Waals surface area contributed by atoms with Crippen LogP contribution in [0.15, 0.2) is 24.3 Å². The number of anilines is 1. The molecule has 0 aromatic heterocycles. The molecule has 0 spiro atoms. The molecule has 100 valence electrons. The Balaban J connectivity index is 2.15. The lowest BCUT2D eigenvalue weighted by Gasteiger charge is -2.41. The van der Waals surface area contributed by atoms with Crippen LogP contribution in [0.1, 0.15) is 39.0 Å². The van der Waals surface area contributed by atoms with Crippen molar-refractivity contribution in [1.82, 2.24) is 0 Å². The molecule has 2 N–H and O–H groups in total. The van der Waals surface area contributed by atoms with Gasteiger partial charge >= 0.3 is 0 Å². The van der Waals surface area contributed by atoms with Gasteiger partial charge in [0.25, 0.3) is 0 Å². The summed E-state index contributed by atoms with van der Waals surface area (Å²) < 4.78 is 0. The Morgan fingerprint density at radius 1 is 1.44 bits per heavy atom. The fourth-order valence-electron chi connectivity index (χ4n) is 2.98. The maximum absolute atomic E-state index is 9.80. The van der Waals surface area contributed by atoms with Gasteiger partial charge in [-0.05, 0) is 30.9 Å². The Bertz CT molecular complexity index is 396. The molecule has 0 bridgehead atoms. The van der Waals surface area contributed by atoms with Gasteiger partial charge in [-0.2, -0.15) is 0 Å². The predicted octanol–water partition coefficient (Wildman–Crippen LogP) is 4.08. The van der Waals surface area contributed by atoms with Gasteiger partial charge in [-0.1, -0.05) is 49.9 Å². The summed E-state index contributed by atoms with van der Waals surface area (Å²) in [6.07, 6.45) is 5.70. The number of benzene rings is 1. The molecule has 18 heavy (non-hydrogen) atoms. The highest BCUT2D eigenvalue weighted by Gasteiger charge is 2.35. The van der Waals surface area contributed by atoms with Gasteiger partial charge < -0.3 is 10.4 Å². The Morgan fingerprint density at radius 2 is 2.22 bits per heavy atom. The van der Waals surface area contributed by atoms with Crippen molar-refractivity contribution in [3.63, 3.8) is 0 Å². The molecule has 1 saturated carbocycles. The first-order valence-electron chi connectivity index (χ1n) is 6.83. The Labute approximate surface area is 114 Å². The number of hydrogen-bond donors (Lipinski definition) is 2. The average Bonchev–Trinajstić information content (AvgIpc) is 2.42. The highest BCUT2D eigenvalue weighted by molar-refractivity contribution is 6.33. The summed E-state index contributed by atoms with van der Waals surface area (Å²) >= 11 is 6.19. The van der Waals surface area contributed by atoms with Gasteiger partial charge in [0.2, 0.25) is 0 Å². The van der Waals surface area contributed by atoms with E-state index < -0.39 is 0 Å². The summed E-state index contributed by atoms with van der Waals surface area (Å²) in [6, 6.07) is 7.76. The van der Waals surface area contributed by atoms with Crippen LogP contribution in [0.25, 0.3) is 0 Å². The largest absolute Gasteiger partial charge is 0.394 e. The summed E-state index contributed by atoms with van der Waals surface area (Å²) in [6.45, 7) is 2.41. The topological polar surface area (TPSA) is 32.3 Å². The van der Waals surface area contributed by atoms with Crippen LogP contribution in [0.4, 0.5) is 5.69 Å². The fraction of sp³-hybridized carbons (Fsp3) is 0.600. The van der Waals surface area contributed by atoms with Gasteiger partial charge in [-0.25, -0.2) is 0 Å². The lowest BCUT2D eigenvalue weighted by Crippen LogP contribution is -2.46. The van der Waals surface area contributed by atoms with Crippen LogP contribution < -0.4 is 5.32 Å². The number of nitrogens with one attached hydrogen (secondary N) is 1. The van der Waals surface area contributed by atoms with Crippen molar-refractivity contribution in [2.24, 2.45) is 5.92 Å². The van der Waals surface area contributed by atoms with Gasteiger partial charge in [0, 0.05) is 0 Å². The highest BCUT2D eigenvalue weighted by Crippen LogP contribution is 2.37. The molecule has 0 heterocycles. The van der Waals surface area contributed by atoms with Crippen LogP contribution in [-0.4, -0.2) is 17.3 Å². The van der Waals surface area contributed by atoms with Crippen molar-refractivity contribution in [1.29, 1.82) is 0 Å². The smallest absolute Gasteiger partial charge is 0.0661 e. The number of rotatable bonds is 4. The lowest BCUT2D eigenvalue weighted by atomic mass is 9.75. The summed E-state index contributed by atoms with van der Waals surface area (Å²) in [7, 11) is 0. The highest BCUT2D eigenvalue weighted by atomic mass is 35.5. The van der Waals surface area contributed by atoms with Gasteiger partial charge in [0.05, 0.1) is 22.9 Å². The predicted molar refractivity (Wildman–Crippen MR) is 77.1 cm³/mol. The van der Waals surface area contributed by atoms with Crippen molar-refractivity contribution in [2.45, 2.75) is 44.6 Å². The van der Waals surface area contributed by atoms with Crippen LogP contribution in [0, 0.1) is 5.92 Å². The van der Waals surface area contributed by atoms with E-state index in [-0.39, 0.29) is 12.1 Å². The first-order chi connectivity index (χ1) is 8.69. The minimum absolute atomic E-state index is 0.175. The van der Waals surface area contributed by atoms with E-state index in [1.54, 1.807) is 0 Å². The number of para-hydroxylation sites is 1. The molecular formula is C15H22ClNO. The summed E-state index contributed by atoms with van der Waals surface area (Å²) in [5.41, 5.74) is 0.745. The zero-order valence-corrected chi connectivity index (χ0v) is 11.7. The molecule has 0 radical (unpaired) electrons. The van der Waals surface area contributed by atoms with E-state index in [0.717, 1.165) is 23.6 Å². The molecule has 1 fully saturated rings. The van der Waals surface area contributed by atoms with E-state index in [1.807, 2.05) is 24.3 Å². The van der Waals surface area contributed by atoms with Crippen molar-refractivity contribution < 1.29 is 5.11 Å². The SMILES string of the molecule is CCC1CCCC(CO)(Nc2ccccc2Cl)C1. The molecular weight excluding hydrogens is 246 g/mol. The molecule has 3 heteroatoms. The van der Waals surface area contributed by atoms with Crippen molar-refractivity contribution in [3.05, 3.63) is 29.3 Å². The molecule has 1 aromatic carbocycles. The van der Waals surface area contributed by atoms with Crippen LogP contribution in [0.3, 0.4) is 0 Å². The first kappa shape index (κ1) is 13.7. The zero-order chi connectivity index (χ0) is 13.0. The Hall–Kier alpha value is -0.730. The van der Waals surface area contributed by atoms with E-state index in [4.69, 9.17) is 11.6 Å². The van der Waals surface area contributed by atoms with Crippen LogP contribution in [0.5, 0.6) is 0 Å². The van der Waals surface area contributed by atoms with Crippen molar-refractivity contribution in [2.75, 3.05) is 11.9 Å².